The summed E-state index contributed by atoms with van der Waals surface area (Å²) in [5.41, 5.74) is 1.01. The lowest BCUT2D eigenvalue weighted by Crippen LogP contribution is -2.22. The second-order valence-corrected chi connectivity index (χ2v) is 6.55. The van der Waals surface area contributed by atoms with Gasteiger partial charge in [0.2, 0.25) is 0 Å². The lowest BCUT2D eigenvalue weighted by atomic mass is 10.1. The van der Waals surface area contributed by atoms with E-state index in [9.17, 15) is 14.3 Å². The second kappa shape index (κ2) is 6.68. The van der Waals surface area contributed by atoms with Crippen molar-refractivity contribution in [2.24, 2.45) is 0 Å². The third-order valence-electron chi connectivity index (χ3n) is 4.07. The lowest BCUT2D eigenvalue weighted by molar-refractivity contribution is -0.254. The maximum absolute atomic E-state index is 13.5. The fraction of sp³-hybridized carbons (Fsp3) is 0. The predicted molar refractivity (Wildman–Crippen MR) is 99.2 cm³/mol. The SMILES string of the molecule is O=C([O-])c1cc(-c2ccc(-c3cccc(Cl)c3Cl)o2)nc2ccc(F)cc12. The van der Waals surface area contributed by atoms with E-state index < -0.39 is 11.8 Å². The molecule has 134 valence electrons. The van der Waals surface area contributed by atoms with Crippen molar-refractivity contribution in [2.75, 3.05) is 0 Å². The Balaban J connectivity index is 1.86. The standard InChI is InChI=1S/C20H10Cl2FNO3/c21-14-3-1-2-11(19(14)22)17-6-7-18(27-17)16-9-13(20(25)26)12-8-10(23)4-5-15(12)24-16/h1-9H,(H,25,26)/p-1. The molecular weight excluding hydrogens is 392 g/mol. The molecule has 0 saturated carbocycles. The van der Waals surface area contributed by atoms with Crippen molar-refractivity contribution in [3.63, 3.8) is 0 Å². The maximum Gasteiger partial charge on any atom is 0.153 e. The first-order valence-corrected chi connectivity index (χ1v) is 8.56. The Labute approximate surface area is 162 Å². The van der Waals surface area contributed by atoms with E-state index in [1.807, 2.05) is 0 Å². The molecule has 2 aromatic heterocycles. The summed E-state index contributed by atoms with van der Waals surface area (Å²) in [6.07, 6.45) is 0. The number of nitrogens with zero attached hydrogens (tertiary/aromatic N) is 1. The number of hydrogen-bond donors (Lipinski definition) is 0. The molecule has 0 aliphatic heterocycles. The number of halogens is 3. The third kappa shape index (κ3) is 3.16. The number of fused-ring (bicyclic) bond motifs is 1. The molecule has 0 amide bonds. The normalized spacial score (nSPS) is 11.1. The van der Waals surface area contributed by atoms with Crippen LogP contribution >= 0.6 is 23.2 Å². The van der Waals surface area contributed by atoms with E-state index in [1.54, 1.807) is 30.3 Å². The summed E-state index contributed by atoms with van der Waals surface area (Å²) in [5.74, 6) is -1.21. The van der Waals surface area contributed by atoms with Crippen LogP contribution in [0.25, 0.3) is 33.7 Å². The molecule has 0 fully saturated rings. The van der Waals surface area contributed by atoms with Gasteiger partial charge in [-0.05, 0) is 48.5 Å². The van der Waals surface area contributed by atoms with Crippen molar-refractivity contribution in [1.82, 2.24) is 4.98 Å². The number of aromatic nitrogens is 1. The van der Waals surface area contributed by atoms with Crippen LogP contribution < -0.4 is 5.11 Å². The number of carbonyl (C=O) groups is 1. The van der Waals surface area contributed by atoms with Crippen LogP contribution in [0.1, 0.15) is 10.4 Å². The zero-order chi connectivity index (χ0) is 19.1. The Kier molecular flexibility index (Phi) is 4.34. The van der Waals surface area contributed by atoms with Crippen molar-refractivity contribution >= 4 is 40.1 Å². The average Bonchev–Trinajstić information content (AvgIpc) is 3.13. The van der Waals surface area contributed by atoms with Gasteiger partial charge in [-0.1, -0.05) is 29.3 Å². The molecule has 2 aromatic carbocycles. The van der Waals surface area contributed by atoms with Crippen LogP contribution in [0.5, 0.6) is 0 Å². The molecule has 4 aromatic rings. The number of rotatable bonds is 3. The van der Waals surface area contributed by atoms with Crippen LogP contribution in [0.15, 0.2) is 59.0 Å². The molecule has 0 spiro atoms. The first-order valence-electron chi connectivity index (χ1n) is 7.80. The number of pyridine rings is 1. The molecule has 0 aliphatic rings. The Bertz CT molecular complexity index is 1200. The smallest absolute Gasteiger partial charge is 0.153 e. The Morgan fingerprint density at radius 3 is 2.59 bits per heavy atom. The molecule has 4 nitrogen and oxygen atoms in total. The lowest BCUT2D eigenvalue weighted by Gasteiger charge is -2.09. The van der Waals surface area contributed by atoms with Gasteiger partial charge < -0.3 is 14.3 Å². The van der Waals surface area contributed by atoms with Crippen LogP contribution in [0.3, 0.4) is 0 Å². The van der Waals surface area contributed by atoms with Gasteiger partial charge in [-0.25, -0.2) is 9.37 Å². The van der Waals surface area contributed by atoms with Gasteiger partial charge in [-0.2, -0.15) is 0 Å². The van der Waals surface area contributed by atoms with Crippen molar-refractivity contribution in [3.8, 4) is 22.8 Å². The highest BCUT2D eigenvalue weighted by molar-refractivity contribution is 6.43. The van der Waals surface area contributed by atoms with Crippen molar-refractivity contribution in [2.45, 2.75) is 0 Å². The predicted octanol–water partition coefficient (Wildman–Crippen LogP) is 4.97. The second-order valence-electron chi connectivity index (χ2n) is 5.77. The van der Waals surface area contributed by atoms with Crippen LogP contribution in [0.4, 0.5) is 4.39 Å². The highest BCUT2D eigenvalue weighted by Gasteiger charge is 2.15. The summed E-state index contributed by atoms with van der Waals surface area (Å²) in [6, 6.07) is 13.5. The number of carboxylic acid groups (broad SMARTS) is 1. The number of aromatic carboxylic acids is 1. The molecule has 4 rings (SSSR count). The van der Waals surface area contributed by atoms with Gasteiger partial charge in [0.1, 0.15) is 17.3 Å². The fourth-order valence-electron chi connectivity index (χ4n) is 2.81. The van der Waals surface area contributed by atoms with Crippen LogP contribution in [-0.2, 0) is 0 Å². The topological polar surface area (TPSA) is 66.2 Å². The van der Waals surface area contributed by atoms with Gasteiger partial charge in [0.25, 0.3) is 0 Å². The molecule has 0 radical (unpaired) electrons. The summed E-state index contributed by atoms with van der Waals surface area (Å²) in [6.45, 7) is 0. The number of hydrogen-bond acceptors (Lipinski definition) is 4. The van der Waals surface area contributed by atoms with Crippen LogP contribution in [0, 0.1) is 5.82 Å². The third-order valence-corrected chi connectivity index (χ3v) is 4.89. The maximum atomic E-state index is 13.5. The van der Waals surface area contributed by atoms with E-state index in [1.165, 1.54) is 18.2 Å². The number of carboxylic acids is 1. The van der Waals surface area contributed by atoms with Crippen LogP contribution in [-0.4, -0.2) is 11.0 Å². The number of carbonyl (C=O) groups excluding carboxylic acids is 1. The minimum atomic E-state index is -1.43. The first kappa shape index (κ1) is 17.5. The zero-order valence-electron chi connectivity index (χ0n) is 13.5. The van der Waals surface area contributed by atoms with E-state index in [0.29, 0.717) is 32.6 Å². The van der Waals surface area contributed by atoms with E-state index in [0.717, 1.165) is 6.07 Å². The average molecular weight is 401 g/mol. The molecule has 2 heterocycles. The van der Waals surface area contributed by atoms with E-state index in [2.05, 4.69) is 4.98 Å². The van der Waals surface area contributed by atoms with Crippen LogP contribution in [0.2, 0.25) is 10.0 Å². The van der Waals surface area contributed by atoms with E-state index in [4.69, 9.17) is 27.6 Å². The Morgan fingerprint density at radius 1 is 1.04 bits per heavy atom. The summed E-state index contributed by atoms with van der Waals surface area (Å²) >= 11 is 12.2. The summed E-state index contributed by atoms with van der Waals surface area (Å²) in [4.78, 5) is 15.9. The molecule has 0 saturated heterocycles. The largest absolute Gasteiger partial charge is 0.545 e. The summed E-state index contributed by atoms with van der Waals surface area (Å²) in [5, 5.41) is 12.4. The minimum Gasteiger partial charge on any atom is -0.545 e. The van der Waals surface area contributed by atoms with E-state index >= 15 is 0 Å². The minimum absolute atomic E-state index is 0.156. The summed E-state index contributed by atoms with van der Waals surface area (Å²) < 4.78 is 19.3. The quantitative estimate of drug-likeness (QED) is 0.486. The van der Waals surface area contributed by atoms with Crippen molar-refractivity contribution in [3.05, 3.63) is 76.0 Å². The Hall–Kier alpha value is -2.89. The van der Waals surface area contributed by atoms with Gasteiger partial charge in [-0.3, -0.25) is 0 Å². The van der Waals surface area contributed by atoms with Gasteiger partial charge in [0.15, 0.2) is 5.76 Å². The molecule has 27 heavy (non-hydrogen) atoms. The first-order chi connectivity index (χ1) is 12.9. The molecule has 0 N–H and O–H groups in total. The van der Waals surface area contributed by atoms with Gasteiger partial charge >= 0.3 is 0 Å². The van der Waals surface area contributed by atoms with Gasteiger partial charge in [0, 0.05) is 16.5 Å². The van der Waals surface area contributed by atoms with E-state index in [-0.39, 0.29) is 16.6 Å². The van der Waals surface area contributed by atoms with Crippen molar-refractivity contribution < 1.29 is 18.7 Å². The highest BCUT2D eigenvalue weighted by atomic mass is 35.5. The van der Waals surface area contributed by atoms with Crippen molar-refractivity contribution in [1.29, 1.82) is 0 Å². The van der Waals surface area contributed by atoms with Gasteiger partial charge in [0.05, 0.1) is 21.5 Å². The Morgan fingerprint density at radius 2 is 1.81 bits per heavy atom. The summed E-state index contributed by atoms with van der Waals surface area (Å²) in [7, 11) is 0. The molecule has 0 aliphatic carbocycles. The monoisotopic (exact) mass is 400 g/mol. The molecule has 0 atom stereocenters. The number of furan rings is 1. The zero-order valence-corrected chi connectivity index (χ0v) is 15.0. The molecule has 7 heteroatoms. The molecular formula is C20H9Cl2FNO3-. The fourth-order valence-corrected chi connectivity index (χ4v) is 3.20. The highest BCUT2D eigenvalue weighted by Crippen LogP contribution is 2.36. The molecule has 0 bridgehead atoms. The number of benzene rings is 2. The van der Waals surface area contributed by atoms with Gasteiger partial charge in [-0.15, -0.1) is 0 Å². The molecule has 0 unspecified atom stereocenters.